The van der Waals surface area contributed by atoms with Crippen molar-refractivity contribution in [3.05, 3.63) is 70.4 Å². The Morgan fingerprint density at radius 3 is 2.42 bits per heavy atom. The fourth-order valence-electron chi connectivity index (χ4n) is 3.68. The van der Waals surface area contributed by atoms with Crippen molar-refractivity contribution in [1.29, 1.82) is 0 Å². The number of carboxylic acid groups (broad SMARTS) is 1. The molecule has 2 nitrogen and oxygen atoms in total. The Kier molecular flexibility index (Phi) is 8.08. The molecule has 1 aliphatic rings. The van der Waals surface area contributed by atoms with E-state index in [2.05, 4.69) is 27.4 Å². The number of rotatable bonds is 7. The van der Waals surface area contributed by atoms with E-state index in [1.807, 2.05) is 51.2 Å². The van der Waals surface area contributed by atoms with E-state index in [1.165, 1.54) is 17.6 Å². The molecule has 0 saturated carbocycles. The zero-order valence-electron chi connectivity index (χ0n) is 17.3. The molecule has 0 aromatic heterocycles. The summed E-state index contributed by atoms with van der Waals surface area (Å²) in [5.74, 6) is -0.820. The van der Waals surface area contributed by atoms with Gasteiger partial charge in [-0.15, -0.1) is 0 Å². The molecule has 0 aliphatic heterocycles. The summed E-state index contributed by atoms with van der Waals surface area (Å²) in [5, 5.41) is 9.78. The average molecular weight is 355 g/mol. The smallest absolute Gasteiger partial charge is 0.332 e. The Morgan fingerprint density at radius 1 is 1.27 bits per heavy atom. The molecule has 1 rings (SSSR count). The van der Waals surface area contributed by atoms with Gasteiger partial charge in [-0.3, -0.25) is 0 Å². The number of carbonyl (C=O) groups is 1. The van der Waals surface area contributed by atoms with Crippen molar-refractivity contribution in [1.82, 2.24) is 0 Å². The zero-order valence-corrected chi connectivity index (χ0v) is 17.3. The number of hydrogen-bond donors (Lipinski definition) is 1. The quantitative estimate of drug-likeness (QED) is 0.397. The van der Waals surface area contributed by atoms with Crippen LogP contribution in [0.5, 0.6) is 0 Å². The van der Waals surface area contributed by atoms with Crippen molar-refractivity contribution in [3.63, 3.8) is 0 Å². The first-order valence-corrected chi connectivity index (χ1v) is 9.46. The predicted octanol–water partition coefficient (Wildman–Crippen LogP) is 6.94. The number of aliphatic carboxylic acids is 1. The second-order valence-electron chi connectivity index (χ2n) is 7.81. The SMILES string of the molecule is C=CC(C)=CC=CC(C)=CC(=C(CC)C(=O)O)C1=C(C)CCCC1(C)C. The summed E-state index contributed by atoms with van der Waals surface area (Å²) in [6, 6.07) is 0. The molecule has 142 valence electrons. The first-order valence-electron chi connectivity index (χ1n) is 9.46. The highest BCUT2D eigenvalue weighted by atomic mass is 16.4. The van der Waals surface area contributed by atoms with Gasteiger partial charge in [0.25, 0.3) is 0 Å². The van der Waals surface area contributed by atoms with Gasteiger partial charge in [0, 0.05) is 5.57 Å². The molecular formula is C24H34O2. The lowest BCUT2D eigenvalue weighted by Gasteiger charge is -2.36. The van der Waals surface area contributed by atoms with Gasteiger partial charge < -0.3 is 5.11 Å². The third-order valence-electron chi connectivity index (χ3n) is 5.08. The molecule has 0 atom stereocenters. The number of carboxylic acids is 1. The van der Waals surface area contributed by atoms with Gasteiger partial charge in [-0.05, 0) is 63.0 Å². The van der Waals surface area contributed by atoms with Crippen LogP contribution in [0.4, 0.5) is 0 Å². The third kappa shape index (κ3) is 5.72. The standard InChI is InChI=1S/C24H34O2/c1-8-17(3)12-10-13-18(4)16-21(20(9-2)23(25)26)22-19(5)14-11-15-24(22,6)7/h8,10,12-13,16H,1,9,11,14-15H2,2-7H3,(H,25,26). The molecule has 0 bridgehead atoms. The van der Waals surface area contributed by atoms with Crippen LogP contribution in [0.25, 0.3) is 0 Å². The van der Waals surface area contributed by atoms with Gasteiger partial charge in [-0.25, -0.2) is 4.79 Å². The number of allylic oxidation sites excluding steroid dienone is 10. The van der Waals surface area contributed by atoms with Crippen molar-refractivity contribution in [2.24, 2.45) is 5.41 Å². The Balaban J connectivity index is 3.52. The van der Waals surface area contributed by atoms with E-state index in [4.69, 9.17) is 0 Å². The molecule has 0 amide bonds. The summed E-state index contributed by atoms with van der Waals surface area (Å²) in [4.78, 5) is 11.9. The van der Waals surface area contributed by atoms with E-state index >= 15 is 0 Å². The minimum Gasteiger partial charge on any atom is -0.478 e. The highest BCUT2D eigenvalue weighted by Crippen LogP contribution is 2.45. The Bertz CT molecular complexity index is 706. The van der Waals surface area contributed by atoms with E-state index in [1.54, 1.807) is 0 Å². The van der Waals surface area contributed by atoms with Gasteiger partial charge in [0.05, 0.1) is 0 Å². The van der Waals surface area contributed by atoms with Crippen LogP contribution in [-0.4, -0.2) is 11.1 Å². The molecule has 2 heteroatoms. The summed E-state index contributed by atoms with van der Waals surface area (Å²) < 4.78 is 0. The van der Waals surface area contributed by atoms with Crippen LogP contribution in [0.2, 0.25) is 0 Å². The maximum absolute atomic E-state index is 11.9. The first kappa shape index (κ1) is 22.0. The second kappa shape index (κ2) is 9.56. The maximum Gasteiger partial charge on any atom is 0.332 e. The monoisotopic (exact) mass is 354 g/mol. The van der Waals surface area contributed by atoms with Crippen molar-refractivity contribution in [3.8, 4) is 0 Å². The van der Waals surface area contributed by atoms with Gasteiger partial charge in [0.15, 0.2) is 0 Å². The van der Waals surface area contributed by atoms with Crippen LogP contribution < -0.4 is 0 Å². The van der Waals surface area contributed by atoms with E-state index < -0.39 is 5.97 Å². The largest absolute Gasteiger partial charge is 0.478 e. The summed E-state index contributed by atoms with van der Waals surface area (Å²) in [5.41, 5.74) is 6.06. The lowest BCUT2D eigenvalue weighted by Crippen LogP contribution is -2.23. The van der Waals surface area contributed by atoms with Crippen LogP contribution >= 0.6 is 0 Å². The van der Waals surface area contributed by atoms with Crippen LogP contribution in [0.1, 0.15) is 67.2 Å². The fourth-order valence-corrected chi connectivity index (χ4v) is 3.68. The van der Waals surface area contributed by atoms with Crippen molar-refractivity contribution in [2.75, 3.05) is 0 Å². The Morgan fingerprint density at radius 2 is 1.92 bits per heavy atom. The van der Waals surface area contributed by atoms with Crippen LogP contribution in [0, 0.1) is 5.41 Å². The third-order valence-corrected chi connectivity index (χ3v) is 5.08. The first-order chi connectivity index (χ1) is 12.1. The molecule has 0 unspecified atom stereocenters. The minimum absolute atomic E-state index is 0.00659. The topological polar surface area (TPSA) is 37.3 Å². The van der Waals surface area contributed by atoms with Crippen molar-refractivity contribution >= 4 is 5.97 Å². The maximum atomic E-state index is 11.9. The minimum atomic E-state index is -0.820. The Labute approximate surface area is 159 Å². The highest BCUT2D eigenvalue weighted by Gasteiger charge is 2.32. The summed E-state index contributed by atoms with van der Waals surface area (Å²) in [6.07, 6.45) is 13.7. The summed E-state index contributed by atoms with van der Waals surface area (Å²) in [6.45, 7) is 16.3. The molecule has 0 radical (unpaired) electrons. The lowest BCUT2D eigenvalue weighted by atomic mass is 9.69. The van der Waals surface area contributed by atoms with Crippen LogP contribution in [0.15, 0.2) is 70.4 Å². The average Bonchev–Trinajstić information content (AvgIpc) is 2.53. The van der Waals surface area contributed by atoms with Crippen LogP contribution in [0.3, 0.4) is 0 Å². The molecule has 0 fully saturated rings. The molecule has 1 N–H and O–H groups in total. The van der Waals surface area contributed by atoms with Gasteiger partial charge >= 0.3 is 5.97 Å². The van der Waals surface area contributed by atoms with E-state index in [9.17, 15) is 9.90 Å². The lowest BCUT2D eigenvalue weighted by molar-refractivity contribution is -0.132. The van der Waals surface area contributed by atoms with Crippen molar-refractivity contribution in [2.45, 2.75) is 67.2 Å². The van der Waals surface area contributed by atoms with E-state index in [-0.39, 0.29) is 5.41 Å². The second-order valence-corrected chi connectivity index (χ2v) is 7.81. The molecular weight excluding hydrogens is 320 g/mol. The zero-order chi connectivity index (χ0) is 19.9. The highest BCUT2D eigenvalue weighted by molar-refractivity contribution is 5.89. The molecule has 0 saturated heterocycles. The van der Waals surface area contributed by atoms with E-state index in [0.717, 1.165) is 29.6 Å². The molecule has 0 aromatic carbocycles. The molecule has 1 aliphatic carbocycles. The molecule has 26 heavy (non-hydrogen) atoms. The van der Waals surface area contributed by atoms with Gasteiger partial charge in [-0.2, -0.15) is 0 Å². The number of hydrogen-bond acceptors (Lipinski definition) is 1. The van der Waals surface area contributed by atoms with Gasteiger partial charge in [0.2, 0.25) is 0 Å². The summed E-state index contributed by atoms with van der Waals surface area (Å²) >= 11 is 0. The van der Waals surface area contributed by atoms with Gasteiger partial charge in [0.1, 0.15) is 0 Å². The molecule has 0 heterocycles. The van der Waals surface area contributed by atoms with E-state index in [0.29, 0.717) is 12.0 Å². The Hall–Kier alpha value is -2.09. The molecule has 0 spiro atoms. The van der Waals surface area contributed by atoms with Crippen molar-refractivity contribution < 1.29 is 9.90 Å². The normalized spacial score (nSPS) is 19.6. The fraction of sp³-hybridized carbons (Fsp3) is 0.458. The van der Waals surface area contributed by atoms with Crippen LogP contribution in [-0.2, 0) is 4.79 Å². The van der Waals surface area contributed by atoms with Gasteiger partial charge in [-0.1, -0.05) is 74.4 Å². The summed E-state index contributed by atoms with van der Waals surface area (Å²) in [7, 11) is 0. The molecule has 0 aromatic rings. The predicted molar refractivity (Wildman–Crippen MR) is 112 cm³/mol.